The molecule has 0 bridgehead atoms. The molecule has 1 aliphatic rings. The van der Waals surface area contributed by atoms with Crippen molar-refractivity contribution in [3.63, 3.8) is 0 Å². The highest BCUT2D eigenvalue weighted by molar-refractivity contribution is 6.05. The van der Waals surface area contributed by atoms with Gasteiger partial charge in [0, 0.05) is 25.3 Å². The molecule has 34 heavy (non-hydrogen) atoms. The number of amides is 3. The van der Waals surface area contributed by atoms with Crippen LogP contribution in [0.3, 0.4) is 0 Å². The lowest BCUT2D eigenvalue weighted by atomic mass is 10.1. The molecule has 0 aromatic heterocycles. The minimum Gasteiger partial charge on any atom is -0.497 e. The van der Waals surface area contributed by atoms with Crippen LogP contribution in [0.4, 0.5) is 20.6 Å². The Kier molecular flexibility index (Phi) is 6.96. The van der Waals surface area contributed by atoms with Crippen LogP contribution in [0.2, 0.25) is 0 Å². The largest absolute Gasteiger partial charge is 0.497 e. The summed E-state index contributed by atoms with van der Waals surface area (Å²) in [5, 5.41) is 2.71. The van der Waals surface area contributed by atoms with Crippen molar-refractivity contribution in [1.82, 2.24) is 4.90 Å². The van der Waals surface area contributed by atoms with Crippen molar-refractivity contribution < 1.29 is 23.5 Å². The number of benzene rings is 3. The Morgan fingerprint density at radius 1 is 1.00 bits per heavy atom. The molecule has 4 rings (SSSR count). The molecule has 0 atom stereocenters. The number of ether oxygens (including phenoxy) is 2. The molecular formula is C26H26FN3O4. The predicted molar refractivity (Wildman–Crippen MR) is 128 cm³/mol. The quantitative estimate of drug-likeness (QED) is 0.540. The molecule has 8 heteroatoms. The smallest absolute Gasteiger partial charge is 0.324 e. The third-order valence-corrected chi connectivity index (χ3v) is 5.69. The van der Waals surface area contributed by atoms with E-state index in [1.54, 1.807) is 41.2 Å². The number of carbonyl (C=O) groups excluding carboxylic acids is 2. The number of nitrogens with zero attached hydrogens (tertiary/aromatic N) is 2. The number of nitrogens with one attached hydrogen (secondary N) is 1. The van der Waals surface area contributed by atoms with Crippen molar-refractivity contribution >= 4 is 23.3 Å². The zero-order valence-corrected chi connectivity index (χ0v) is 19.1. The van der Waals surface area contributed by atoms with Crippen molar-refractivity contribution in [2.45, 2.75) is 13.0 Å². The fourth-order valence-corrected chi connectivity index (χ4v) is 3.93. The third kappa shape index (κ3) is 4.96. The molecule has 0 radical (unpaired) electrons. The number of hydrogen-bond acceptors (Lipinski definition) is 4. The minimum atomic E-state index is -0.603. The van der Waals surface area contributed by atoms with Gasteiger partial charge in [0.25, 0.3) is 5.91 Å². The molecule has 0 saturated carbocycles. The maximum atomic E-state index is 14.0. The molecule has 1 aliphatic heterocycles. The van der Waals surface area contributed by atoms with Gasteiger partial charge in [-0.15, -0.1) is 0 Å². The maximum Gasteiger partial charge on any atom is 0.324 e. The first-order valence-electron chi connectivity index (χ1n) is 10.9. The molecule has 1 heterocycles. The Bertz CT molecular complexity index is 1180. The van der Waals surface area contributed by atoms with Gasteiger partial charge < -0.3 is 19.7 Å². The van der Waals surface area contributed by atoms with E-state index in [0.29, 0.717) is 36.8 Å². The van der Waals surface area contributed by atoms with Gasteiger partial charge in [0.1, 0.15) is 17.3 Å². The molecule has 7 nitrogen and oxygen atoms in total. The summed E-state index contributed by atoms with van der Waals surface area (Å²) in [5.41, 5.74) is 1.91. The van der Waals surface area contributed by atoms with Gasteiger partial charge in [-0.3, -0.25) is 9.69 Å². The normalized spacial score (nSPS) is 13.6. The summed E-state index contributed by atoms with van der Waals surface area (Å²) >= 11 is 0. The number of urea groups is 1. The maximum absolute atomic E-state index is 14.0. The van der Waals surface area contributed by atoms with Gasteiger partial charge in [-0.1, -0.05) is 24.3 Å². The number of carbonyl (C=O) groups is 2. The second kappa shape index (κ2) is 10.2. The van der Waals surface area contributed by atoms with Crippen LogP contribution >= 0.6 is 0 Å². The van der Waals surface area contributed by atoms with Gasteiger partial charge in [-0.2, -0.15) is 0 Å². The summed E-state index contributed by atoms with van der Waals surface area (Å²) < 4.78 is 24.7. The Morgan fingerprint density at radius 3 is 2.47 bits per heavy atom. The fraction of sp³-hybridized carbons (Fsp3) is 0.231. The fourth-order valence-electron chi connectivity index (χ4n) is 3.93. The summed E-state index contributed by atoms with van der Waals surface area (Å²) in [5.74, 6) is 0.0901. The highest BCUT2D eigenvalue weighted by atomic mass is 19.1. The van der Waals surface area contributed by atoms with Crippen molar-refractivity contribution in [1.29, 1.82) is 0 Å². The van der Waals surface area contributed by atoms with E-state index in [2.05, 4.69) is 5.32 Å². The molecule has 3 aromatic rings. The Labute approximate surface area is 197 Å². The average molecular weight is 464 g/mol. The standard InChI is InChI=1S/C26H26FN3O4/c1-33-20-11-8-18(9-12-20)17-29-14-5-15-30(26(29)32)23-16-19(10-13-24(23)34-2)28-25(31)21-6-3-4-7-22(21)27/h3-4,6-13,16H,5,14-15,17H2,1-2H3,(H,28,31). The van der Waals surface area contributed by atoms with Gasteiger partial charge in [0.2, 0.25) is 0 Å². The molecule has 3 amide bonds. The van der Waals surface area contributed by atoms with Gasteiger partial charge in [0.05, 0.1) is 25.5 Å². The summed E-state index contributed by atoms with van der Waals surface area (Å²) in [6, 6.07) is 18.2. The first-order valence-corrected chi connectivity index (χ1v) is 10.9. The second-order valence-corrected chi connectivity index (χ2v) is 7.88. The number of halogens is 1. The number of methoxy groups -OCH3 is 2. The molecule has 0 spiro atoms. The van der Waals surface area contributed by atoms with Crippen molar-refractivity contribution in [3.8, 4) is 11.5 Å². The van der Waals surface area contributed by atoms with Crippen molar-refractivity contribution in [2.24, 2.45) is 0 Å². The predicted octanol–water partition coefficient (Wildman–Crippen LogP) is 4.93. The van der Waals surface area contributed by atoms with E-state index in [-0.39, 0.29) is 11.6 Å². The van der Waals surface area contributed by atoms with E-state index in [0.717, 1.165) is 17.7 Å². The van der Waals surface area contributed by atoms with Crippen LogP contribution in [0.25, 0.3) is 0 Å². The monoisotopic (exact) mass is 463 g/mol. The van der Waals surface area contributed by atoms with E-state index in [1.807, 2.05) is 24.3 Å². The molecule has 0 aliphatic carbocycles. The van der Waals surface area contributed by atoms with E-state index >= 15 is 0 Å². The first-order chi connectivity index (χ1) is 16.5. The average Bonchev–Trinajstić information content (AvgIpc) is 2.86. The zero-order chi connectivity index (χ0) is 24.1. The Morgan fingerprint density at radius 2 is 1.76 bits per heavy atom. The van der Waals surface area contributed by atoms with Crippen LogP contribution in [0.5, 0.6) is 11.5 Å². The highest BCUT2D eigenvalue weighted by Crippen LogP contribution is 2.34. The topological polar surface area (TPSA) is 71.1 Å². The van der Waals surface area contributed by atoms with Gasteiger partial charge in [-0.05, 0) is 54.4 Å². The molecule has 176 valence electrons. The lowest BCUT2D eigenvalue weighted by molar-refractivity contribution is 0.102. The Balaban J connectivity index is 1.55. The minimum absolute atomic E-state index is 0.0559. The van der Waals surface area contributed by atoms with Crippen LogP contribution in [0, 0.1) is 5.82 Å². The van der Waals surface area contributed by atoms with Crippen LogP contribution < -0.4 is 19.7 Å². The molecule has 0 unspecified atom stereocenters. The van der Waals surface area contributed by atoms with Crippen LogP contribution in [-0.2, 0) is 6.54 Å². The van der Waals surface area contributed by atoms with Gasteiger partial charge in [0.15, 0.2) is 0 Å². The van der Waals surface area contributed by atoms with Gasteiger partial charge in [-0.25, -0.2) is 9.18 Å². The molecule has 1 saturated heterocycles. The summed E-state index contributed by atoms with van der Waals surface area (Å²) in [7, 11) is 3.14. The van der Waals surface area contributed by atoms with E-state index in [1.165, 1.54) is 25.3 Å². The van der Waals surface area contributed by atoms with E-state index < -0.39 is 11.7 Å². The lowest BCUT2D eigenvalue weighted by Gasteiger charge is -2.36. The molecular weight excluding hydrogens is 437 g/mol. The number of hydrogen-bond donors (Lipinski definition) is 1. The molecule has 3 aromatic carbocycles. The highest BCUT2D eigenvalue weighted by Gasteiger charge is 2.29. The van der Waals surface area contributed by atoms with Crippen molar-refractivity contribution in [3.05, 3.63) is 83.7 Å². The summed E-state index contributed by atoms with van der Waals surface area (Å²) in [6.45, 7) is 1.61. The Hall–Kier alpha value is -4.07. The van der Waals surface area contributed by atoms with E-state index in [9.17, 15) is 14.0 Å². The third-order valence-electron chi connectivity index (χ3n) is 5.69. The second-order valence-electron chi connectivity index (χ2n) is 7.88. The SMILES string of the molecule is COc1ccc(CN2CCCN(c3cc(NC(=O)c4ccccc4F)ccc3OC)C2=O)cc1. The van der Waals surface area contributed by atoms with Crippen LogP contribution in [0.15, 0.2) is 66.7 Å². The van der Waals surface area contributed by atoms with Crippen molar-refractivity contribution in [2.75, 3.05) is 37.5 Å². The zero-order valence-electron chi connectivity index (χ0n) is 19.1. The van der Waals surface area contributed by atoms with Gasteiger partial charge >= 0.3 is 6.03 Å². The first kappa shape index (κ1) is 23.1. The summed E-state index contributed by atoms with van der Waals surface area (Å²) in [6.07, 6.45) is 0.775. The number of anilines is 2. The van der Waals surface area contributed by atoms with E-state index in [4.69, 9.17) is 9.47 Å². The number of rotatable bonds is 7. The lowest BCUT2D eigenvalue weighted by Crippen LogP contribution is -2.49. The summed E-state index contributed by atoms with van der Waals surface area (Å²) in [4.78, 5) is 29.3. The van der Waals surface area contributed by atoms with Crippen LogP contribution in [0.1, 0.15) is 22.3 Å². The van der Waals surface area contributed by atoms with Crippen LogP contribution in [-0.4, -0.2) is 44.1 Å². The molecule has 1 fully saturated rings. The molecule has 1 N–H and O–H groups in total.